The SMILES string of the molecule is CC(C)C(=O)CCc1ccc(OC=O)cc1F. The lowest BCUT2D eigenvalue weighted by molar-refractivity contribution is -0.122. The molecule has 17 heavy (non-hydrogen) atoms. The number of ether oxygens (including phenoxy) is 1. The number of carbonyl (C=O) groups excluding carboxylic acids is 2. The van der Waals surface area contributed by atoms with Crippen LogP contribution in [-0.2, 0) is 16.0 Å². The molecule has 0 N–H and O–H groups in total. The molecule has 0 aliphatic rings. The molecule has 0 aliphatic heterocycles. The highest BCUT2D eigenvalue weighted by Crippen LogP contribution is 2.18. The molecule has 0 saturated heterocycles. The van der Waals surface area contributed by atoms with Gasteiger partial charge in [-0.2, -0.15) is 0 Å². The van der Waals surface area contributed by atoms with Crippen LogP contribution in [-0.4, -0.2) is 12.3 Å². The monoisotopic (exact) mass is 238 g/mol. The molecule has 1 aromatic carbocycles. The summed E-state index contributed by atoms with van der Waals surface area (Å²) >= 11 is 0. The molecule has 0 bridgehead atoms. The zero-order chi connectivity index (χ0) is 12.8. The molecule has 3 nitrogen and oxygen atoms in total. The predicted octanol–water partition coefficient (Wildman–Crippen LogP) is 2.52. The number of aryl methyl sites for hydroxylation is 1. The number of halogens is 1. The van der Waals surface area contributed by atoms with Crippen LogP contribution in [0.4, 0.5) is 4.39 Å². The molecular weight excluding hydrogens is 223 g/mol. The standard InChI is InChI=1S/C13H15FO3/c1-9(2)13(16)6-4-10-3-5-11(17-8-15)7-12(10)14/h3,5,7-9H,4,6H2,1-2H3. The fourth-order valence-electron chi connectivity index (χ4n) is 1.41. The molecule has 0 fully saturated rings. The van der Waals surface area contributed by atoms with Gasteiger partial charge in [0.05, 0.1) is 0 Å². The molecule has 0 aliphatic carbocycles. The molecule has 92 valence electrons. The van der Waals surface area contributed by atoms with E-state index in [1.807, 2.05) is 13.8 Å². The first-order valence-corrected chi connectivity index (χ1v) is 5.46. The lowest BCUT2D eigenvalue weighted by Gasteiger charge is -2.06. The fraction of sp³-hybridized carbons (Fsp3) is 0.385. The van der Waals surface area contributed by atoms with Crippen molar-refractivity contribution in [3.63, 3.8) is 0 Å². The maximum atomic E-state index is 13.5. The minimum Gasteiger partial charge on any atom is -0.429 e. The molecule has 0 heterocycles. The lowest BCUT2D eigenvalue weighted by Crippen LogP contribution is -2.08. The van der Waals surface area contributed by atoms with E-state index in [4.69, 9.17) is 0 Å². The summed E-state index contributed by atoms with van der Waals surface area (Å²) in [6.07, 6.45) is 0.687. The summed E-state index contributed by atoms with van der Waals surface area (Å²) in [6.45, 7) is 3.89. The van der Waals surface area contributed by atoms with Crippen LogP contribution < -0.4 is 4.74 Å². The summed E-state index contributed by atoms with van der Waals surface area (Å²) in [5.74, 6) is -0.217. The summed E-state index contributed by atoms with van der Waals surface area (Å²) in [5.41, 5.74) is 0.456. The lowest BCUT2D eigenvalue weighted by atomic mass is 10.0. The first-order valence-electron chi connectivity index (χ1n) is 5.46. The third-order valence-electron chi connectivity index (χ3n) is 2.49. The summed E-state index contributed by atoms with van der Waals surface area (Å²) in [5, 5.41) is 0. The van der Waals surface area contributed by atoms with Crippen LogP contribution in [0.1, 0.15) is 25.8 Å². The van der Waals surface area contributed by atoms with Crippen LogP contribution in [0, 0.1) is 11.7 Å². The summed E-state index contributed by atoms with van der Waals surface area (Å²) < 4.78 is 18.0. The van der Waals surface area contributed by atoms with Gasteiger partial charge in [0, 0.05) is 18.4 Å². The molecule has 0 radical (unpaired) electrons. The van der Waals surface area contributed by atoms with E-state index in [0.29, 0.717) is 18.4 Å². The quantitative estimate of drug-likeness (QED) is 0.715. The van der Waals surface area contributed by atoms with Gasteiger partial charge >= 0.3 is 0 Å². The Morgan fingerprint density at radius 1 is 1.47 bits per heavy atom. The minimum atomic E-state index is -0.457. The Kier molecular flexibility index (Phi) is 4.82. The molecule has 4 heteroatoms. The highest BCUT2D eigenvalue weighted by atomic mass is 19.1. The number of hydrogen-bond acceptors (Lipinski definition) is 3. The van der Waals surface area contributed by atoms with Crippen molar-refractivity contribution < 1.29 is 18.7 Å². The van der Waals surface area contributed by atoms with Crippen LogP contribution in [0.5, 0.6) is 5.75 Å². The number of ketones is 1. The maximum Gasteiger partial charge on any atom is 0.298 e. The van der Waals surface area contributed by atoms with Crippen molar-refractivity contribution in [2.45, 2.75) is 26.7 Å². The van der Waals surface area contributed by atoms with Crippen molar-refractivity contribution in [3.8, 4) is 5.75 Å². The second kappa shape index (κ2) is 6.13. The van der Waals surface area contributed by atoms with E-state index < -0.39 is 5.82 Å². The fourth-order valence-corrected chi connectivity index (χ4v) is 1.41. The number of carbonyl (C=O) groups is 2. The van der Waals surface area contributed by atoms with E-state index in [0.717, 1.165) is 6.07 Å². The molecule has 0 amide bonds. The Bertz CT molecular complexity index is 413. The van der Waals surface area contributed by atoms with Crippen molar-refractivity contribution >= 4 is 12.3 Å². The molecule has 0 aromatic heterocycles. The van der Waals surface area contributed by atoms with Gasteiger partial charge in [0.15, 0.2) is 0 Å². The van der Waals surface area contributed by atoms with Gasteiger partial charge in [-0.1, -0.05) is 19.9 Å². The van der Waals surface area contributed by atoms with Crippen LogP contribution in [0.25, 0.3) is 0 Å². The van der Waals surface area contributed by atoms with Crippen LogP contribution in [0.3, 0.4) is 0 Å². The topological polar surface area (TPSA) is 43.4 Å². The van der Waals surface area contributed by atoms with E-state index in [1.165, 1.54) is 12.1 Å². The van der Waals surface area contributed by atoms with Gasteiger partial charge < -0.3 is 4.74 Å². The Morgan fingerprint density at radius 2 is 2.18 bits per heavy atom. The Morgan fingerprint density at radius 3 is 2.71 bits per heavy atom. The van der Waals surface area contributed by atoms with Crippen molar-refractivity contribution in [1.29, 1.82) is 0 Å². The highest BCUT2D eigenvalue weighted by molar-refractivity contribution is 5.80. The second-order valence-corrected chi connectivity index (χ2v) is 4.09. The highest BCUT2D eigenvalue weighted by Gasteiger charge is 2.10. The van der Waals surface area contributed by atoms with Gasteiger partial charge in [0.2, 0.25) is 0 Å². The normalized spacial score (nSPS) is 10.4. The Hall–Kier alpha value is -1.71. The molecule has 0 atom stereocenters. The zero-order valence-electron chi connectivity index (χ0n) is 9.90. The molecule has 0 spiro atoms. The predicted molar refractivity (Wildman–Crippen MR) is 61.3 cm³/mol. The first-order chi connectivity index (χ1) is 8.04. The minimum absolute atomic E-state index is 0.0317. The van der Waals surface area contributed by atoms with Crippen LogP contribution in [0.15, 0.2) is 18.2 Å². The van der Waals surface area contributed by atoms with Gasteiger partial charge in [0.25, 0.3) is 6.47 Å². The van der Waals surface area contributed by atoms with E-state index >= 15 is 0 Å². The zero-order valence-corrected chi connectivity index (χ0v) is 9.90. The van der Waals surface area contributed by atoms with Crippen molar-refractivity contribution in [3.05, 3.63) is 29.6 Å². The average Bonchev–Trinajstić information content (AvgIpc) is 2.27. The van der Waals surface area contributed by atoms with Gasteiger partial charge in [-0.05, 0) is 18.1 Å². The molecular formula is C13H15FO3. The van der Waals surface area contributed by atoms with Crippen molar-refractivity contribution in [1.82, 2.24) is 0 Å². The number of hydrogen-bond donors (Lipinski definition) is 0. The number of benzene rings is 1. The second-order valence-electron chi connectivity index (χ2n) is 4.09. The summed E-state index contributed by atoms with van der Waals surface area (Å²) in [4.78, 5) is 21.5. The third-order valence-corrected chi connectivity index (χ3v) is 2.49. The first kappa shape index (κ1) is 13.4. The number of rotatable bonds is 6. The van der Waals surface area contributed by atoms with Crippen LogP contribution in [0.2, 0.25) is 0 Å². The van der Waals surface area contributed by atoms with Crippen molar-refractivity contribution in [2.75, 3.05) is 0 Å². The Labute approximate surface area is 99.6 Å². The summed E-state index contributed by atoms with van der Waals surface area (Å²) in [6, 6.07) is 4.18. The van der Waals surface area contributed by atoms with Crippen molar-refractivity contribution in [2.24, 2.45) is 5.92 Å². The molecule has 1 rings (SSSR count). The van der Waals surface area contributed by atoms with E-state index in [2.05, 4.69) is 4.74 Å². The van der Waals surface area contributed by atoms with E-state index in [-0.39, 0.29) is 23.9 Å². The van der Waals surface area contributed by atoms with Gasteiger partial charge in [-0.15, -0.1) is 0 Å². The van der Waals surface area contributed by atoms with Gasteiger partial charge in [0.1, 0.15) is 17.3 Å². The molecule has 1 aromatic rings. The largest absolute Gasteiger partial charge is 0.429 e. The third kappa shape index (κ3) is 3.98. The molecule has 0 saturated carbocycles. The van der Waals surface area contributed by atoms with E-state index in [9.17, 15) is 14.0 Å². The van der Waals surface area contributed by atoms with Crippen LogP contribution >= 0.6 is 0 Å². The Balaban J connectivity index is 2.66. The van der Waals surface area contributed by atoms with E-state index in [1.54, 1.807) is 0 Å². The number of Topliss-reactive ketones (excluding diaryl/α,β-unsaturated/α-hetero) is 1. The average molecular weight is 238 g/mol. The van der Waals surface area contributed by atoms with Gasteiger partial charge in [-0.25, -0.2) is 4.39 Å². The van der Waals surface area contributed by atoms with Gasteiger partial charge in [-0.3, -0.25) is 9.59 Å². The smallest absolute Gasteiger partial charge is 0.298 e. The summed E-state index contributed by atoms with van der Waals surface area (Å²) in [7, 11) is 0. The maximum absolute atomic E-state index is 13.5. The molecule has 0 unspecified atom stereocenters.